The molecule has 1 spiro atoms. The Labute approximate surface area is 246 Å². The molecule has 43 heavy (non-hydrogen) atoms. The van der Waals surface area contributed by atoms with Crippen molar-refractivity contribution in [2.75, 3.05) is 25.1 Å². The normalized spacial score (nSPS) is 39.7. The molecule has 1 unspecified atom stereocenters. The number of nitrogens with one attached hydrogen (secondary N) is 1. The highest BCUT2D eigenvalue weighted by Gasteiger charge is 2.60. The number of carbonyl (C=O) groups excluding carboxylic acids is 1. The van der Waals surface area contributed by atoms with E-state index in [2.05, 4.69) is 20.3 Å². The minimum Gasteiger partial charge on any atom is -0.446 e. The first kappa shape index (κ1) is 29.2. The molecule has 1 amide bonds. The third-order valence-electron chi connectivity index (χ3n) is 9.92. The molecule has 15 heteroatoms. The van der Waals surface area contributed by atoms with E-state index in [-0.39, 0.29) is 23.6 Å². The molecule has 6 aliphatic rings. The van der Waals surface area contributed by atoms with E-state index in [0.717, 1.165) is 50.4 Å². The number of halogens is 1. The van der Waals surface area contributed by atoms with E-state index >= 15 is 0 Å². The highest BCUT2D eigenvalue weighted by Crippen LogP contribution is 2.60. The molecule has 6 fully saturated rings. The van der Waals surface area contributed by atoms with Crippen molar-refractivity contribution in [1.29, 1.82) is 0 Å². The van der Waals surface area contributed by atoms with Crippen LogP contribution in [0.2, 0.25) is 0 Å². The molecule has 4 aliphatic carbocycles. The number of carbonyl (C=O) groups is 1. The Morgan fingerprint density at radius 1 is 1.07 bits per heavy atom. The topological polar surface area (TPSA) is 180 Å². The Hall–Kier alpha value is -2.53. The van der Waals surface area contributed by atoms with E-state index in [1.807, 2.05) is 0 Å². The molecule has 5 atom stereocenters. The highest BCUT2D eigenvalue weighted by atomic mass is 19.1. The van der Waals surface area contributed by atoms with E-state index in [1.54, 1.807) is 0 Å². The van der Waals surface area contributed by atoms with Gasteiger partial charge in [0.05, 0.1) is 26.1 Å². The molecular formula is C28H38FN5O9. The fourth-order valence-electron chi connectivity index (χ4n) is 8.07. The SMILES string of the molecule is O=C(Nc1nc(F)nc2c1ncn2[C@@H]1O[C@H](CO)[C@@H](O)[C@@H]1O)OC1CCCCOC2(OOCC1)C1CC3CC(C1)CC2C3. The predicted molar refractivity (Wildman–Crippen MR) is 143 cm³/mol. The second kappa shape index (κ2) is 11.8. The van der Waals surface area contributed by atoms with Crippen LogP contribution >= 0.6 is 0 Å². The summed E-state index contributed by atoms with van der Waals surface area (Å²) in [4.78, 5) is 36.4. The highest BCUT2D eigenvalue weighted by molar-refractivity contribution is 5.93. The quantitative estimate of drug-likeness (QED) is 0.294. The number of fused-ring (bicyclic) bond motifs is 1. The van der Waals surface area contributed by atoms with Crippen LogP contribution < -0.4 is 5.32 Å². The van der Waals surface area contributed by atoms with Gasteiger partial charge in [0.2, 0.25) is 5.79 Å². The van der Waals surface area contributed by atoms with Crippen LogP contribution in [0.5, 0.6) is 0 Å². The molecule has 4 N–H and O–H groups in total. The molecule has 2 aromatic rings. The third-order valence-corrected chi connectivity index (χ3v) is 9.92. The fraction of sp³-hybridized carbons (Fsp3) is 0.786. The number of anilines is 1. The third kappa shape index (κ3) is 5.38. The Balaban J connectivity index is 0.998. The fourth-order valence-corrected chi connectivity index (χ4v) is 8.07. The van der Waals surface area contributed by atoms with Crippen molar-refractivity contribution in [2.24, 2.45) is 23.7 Å². The monoisotopic (exact) mass is 607 g/mol. The number of hydrogen-bond donors (Lipinski definition) is 4. The molecule has 8 rings (SSSR count). The number of aliphatic hydroxyl groups excluding tert-OH is 3. The van der Waals surface area contributed by atoms with Crippen LogP contribution in [0, 0.1) is 29.7 Å². The van der Waals surface area contributed by atoms with Crippen LogP contribution in [0.15, 0.2) is 6.33 Å². The lowest BCUT2D eigenvalue weighted by Gasteiger charge is -2.58. The summed E-state index contributed by atoms with van der Waals surface area (Å²) in [6.07, 6.45) is 2.04. The molecule has 236 valence electrons. The van der Waals surface area contributed by atoms with Crippen molar-refractivity contribution in [1.82, 2.24) is 19.5 Å². The van der Waals surface area contributed by atoms with E-state index in [0.29, 0.717) is 31.3 Å². The maximum atomic E-state index is 14.5. The summed E-state index contributed by atoms with van der Waals surface area (Å²) in [5.41, 5.74) is -0.0646. The maximum absolute atomic E-state index is 14.5. The molecule has 4 saturated carbocycles. The van der Waals surface area contributed by atoms with Gasteiger partial charge >= 0.3 is 12.2 Å². The van der Waals surface area contributed by atoms with E-state index in [1.165, 1.54) is 17.3 Å². The van der Waals surface area contributed by atoms with Crippen LogP contribution in [0.25, 0.3) is 11.2 Å². The van der Waals surface area contributed by atoms with Crippen molar-refractivity contribution in [3.05, 3.63) is 12.4 Å². The van der Waals surface area contributed by atoms with Gasteiger partial charge in [-0.3, -0.25) is 9.88 Å². The molecule has 2 saturated heterocycles. The molecular weight excluding hydrogens is 569 g/mol. The first-order valence-corrected chi connectivity index (χ1v) is 15.3. The maximum Gasteiger partial charge on any atom is 0.413 e. The zero-order valence-electron chi connectivity index (χ0n) is 23.7. The second-order valence-electron chi connectivity index (χ2n) is 12.6. The summed E-state index contributed by atoms with van der Waals surface area (Å²) in [5.74, 6) is 1.31. The number of amides is 1. The molecule has 2 aromatic heterocycles. The van der Waals surface area contributed by atoms with Crippen LogP contribution in [0.4, 0.5) is 15.0 Å². The summed E-state index contributed by atoms with van der Waals surface area (Å²) in [7, 11) is 0. The number of ether oxygens (including phenoxy) is 3. The molecule has 14 nitrogen and oxygen atoms in total. The van der Waals surface area contributed by atoms with Gasteiger partial charge in [0.25, 0.3) is 0 Å². The van der Waals surface area contributed by atoms with Gasteiger partial charge in [-0.25, -0.2) is 19.6 Å². The summed E-state index contributed by atoms with van der Waals surface area (Å²) in [6, 6.07) is 0. The smallest absolute Gasteiger partial charge is 0.413 e. The summed E-state index contributed by atoms with van der Waals surface area (Å²) in [6.45, 7) is 0.231. The lowest BCUT2D eigenvalue weighted by atomic mass is 9.53. The molecule has 4 bridgehead atoms. The van der Waals surface area contributed by atoms with Crippen molar-refractivity contribution >= 4 is 23.1 Å². The van der Waals surface area contributed by atoms with Crippen LogP contribution in [0.3, 0.4) is 0 Å². The van der Waals surface area contributed by atoms with Crippen LogP contribution in [0.1, 0.15) is 64.0 Å². The Kier molecular flexibility index (Phi) is 7.99. The zero-order chi connectivity index (χ0) is 29.7. The zero-order valence-corrected chi connectivity index (χ0v) is 23.7. The summed E-state index contributed by atoms with van der Waals surface area (Å²) in [5, 5.41) is 32.4. The molecule has 4 heterocycles. The number of aromatic nitrogens is 4. The van der Waals surface area contributed by atoms with Crippen molar-refractivity contribution in [2.45, 2.75) is 94.2 Å². The Morgan fingerprint density at radius 3 is 2.56 bits per heavy atom. The second-order valence-corrected chi connectivity index (χ2v) is 12.6. The molecule has 0 aromatic carbocycles. The van der Waals surface area contributed by atoms with Crippen LogP contribution in [-0.2, 0) is 24.0 Å². The van der Waals surface area contributed by atoms with Gasteiger partial charge in [-0.05, 0) is 63.2 Å². The van der Waals surface area contributed by atoms with E-state index in [9.17, 15) is 24.5 Å². The summed E-state index contributed by atoms with van der Waals surface area (Å²) < 4.78 is 33.3. The largest absolute Gasteiger partial charge is 0.446 e. The Morgan fingerprint density at radius 2 is 1.84 bits per heavy atom. The van der Waals surface area contributed by atoms with Gasteiger partial charge in [-0.15, -0.1) is 0 Å². The van der Waals surface area contributed by atoms with Crippen molar-refractivity contribution < 1.29 is 48.5 Å². The number of nitrogens with zero attached hydrogens (tertiary/aromatic N) is 4. The van der Waals surface area contributed by atoms with Gasteiger partial charge in [0, 0.05) is 18.3 Å². The first-order chi connectivity index (χ1) is 20.8. The lowest BCUT2D eigenvalue weighted by molar-refractivity contribution is -0.476. The van der Waals surface area contributed by atoms with Gasteiger partial charge in [-0.2, -0.15) is 14.4 Å². The number of aliphatic hydroxyl groups is 3. The van der Waals surface area contributed by atoms with Gasteiger partial charge < -0.3 is 29.5 Å². The van der Waals surface area contributed by atoms with Gasteiger partial charge in [0.15, 0.2) is 23.2 Å². The minimum absolute atomic E-state index is 0.0216. The number of imidazole rings is 1. The Bertz CT molecular complexity index is 1300. The average Bonchev–Trinajstić information content (AvgIpc) is 3.50. The van der Waals surface area contributed by atoms with Gasteiger partial charge in [0.1, 0.15) is 24.4 Å². The standard InChI is InChI=1S/C28H38FN5O9/c29-26-31-23(20-24(33-26)34(13-30-20)25-22(37)21(36)19(12-35)42-25)32-27(38)41-18-3-1-2-5-39-28(43-40-6-4-18)16-8-14-7-15(10-16)11-17(28)9-14/h13-19,21-22,25,35-37H,1-12H2,(H,31,32,33,38)/t14?,15?,16?,17?,18?,19-,21-,22+,25-,28?/m1/s1. The number of rotatable bonds is 4. The predicted octanol–water partition coefficient (Wildman–Crippen LogP) is 2.19. The molecule has 2 aliphatic heterocycles. The van der Waals surface area contributed by atoms with E-state index < -0.39 is 55.2 Å². The van der Waals surface area contributed by atoms with Crippen LogP contribution in [-0.4, -0.2) is 91.0 Å². The minimum atomic E-state index is -1.43. The van der Waals surface area contributed by atoms with Crippen molar-refractivity contribution in [3.63, 3.8) is 0 Å². The van der Waals surface area contributed by atoms with Gasteiger partial charge in [-0.1, -0.05) is 0 Å². The average molecular weight is 608 g/mol. The van der Waals surface area contributed by atoms with Crippen molar-refractivity contribution in [3.8, 4) is 0 Å². The first-order valence-electron chi connectivity index (χ1n) is 15.3. The lowest BCUT2D eigenvalue weighted by Crippen LogP contribution is -2.60. The van der Waals surface area contributed by atoms with E-state index in [4.69, 9.17) is 24.0 Å². The number of hydrogen-bond acceptors (Lipinski definition) is 12. The summed E-state index contributed by atoms with van der Waals surface area (Å²) >= 11 is 0. The molecule has 0 radical (unpaired) electrons.